The van der Waals surface area contributed by atoms with Gasteiger partial charge in [0.1, 0.15) is 24.7 Å². The van der Waals surface area contributed by atoms with E-state index >= 15 is 0 Å². The zero-order chi connectivity index (χ0) is 22.0. The fourth-order valence-electron chi connectivity index (χ4n) is 3.68. The number of carbonyl (C=O) groups excluding carboxylic acids is 2. The average molecular weight is 422 g/mol. The van der Waals surface area contributed by atoms with Gasteiger partial charge in [-0.1, -0.05) is 30.3 Å². The highest BCUT2D eigenvalue weighted by atomic mass is 19.1. The van der Waals surface area contributed by atoms with Crippen LogP contribution in [0.2, 0.25) is 0 Å². The summed E-state index contributed by atoms with van der Waals surface area (Å²) in [5.74, 6) is -1.28. The van der Waals surface area contributed by atoms with E-state index in [9.17, 15) is 18.8 Å². The van der Waals surface area contributed by atoms with Crippen molar-refractivity contribution in [2.75, 3.05) is 13.2 Å². The molecule has 4 rings (SSSR count). The molecule has 7 heteroatoms. The van der Waals surface area contributed by atoms with Crippen LogP contribution in [0.5, 0.6) is 11.5 Å². The third kappa shape index (κ3) is 4.26. The van der Waals surface area contributed by atoms with E-state index in [1.165, 1.54) is 6.08 Å². The summed E-state index contributed by atoms with van der Waals surface area (Å²) in [4.78, 5) is 35.7. The number of carboxylic acids is 1. The number of allylic oxidation sites excluding steroid dienone is 3. The molecule has 2 aliphatic carbocycles. The van der Waals surface area contributed by atoms with Crippen LogP contribution in [0, 0.1) is 0 Å². The van der Waals surface area contributed by atoms with Crippen LogP contribution in [0.4, 0.5) is 4.39 Å². The molecule has 0 aliphatic heterocycles. The van der Waals surface area contributed by atoms with Crippen molar-refractivity contribution in [3.63, 3.8) is 0 Å². The zero-order valence-corrected chi connectivity index (χ0v) is 16.5. The lowest BCUT2D eigenvalue weighted by Gasteiger charge is -2.19. The Labute approximate surface area is 177 Å². The summed E-state index contributed by atoms with van der Waals surface area (Å²) in [6, 6.07) is 10.0. The quantitative estimate of drug-likeness (QED) is 0.734. The van der Waals surface area contributed by atoms with Gasteiger partial charge in [0, 0.05) is 12.0 Å². The van der Waals surface area contributed by atoms with Crippen LogP contribution in [-0.4, -0.2) is 42.0 Å². The van der Waals surface area contributed by atoms with Crippen molar-refractivity contribution in [3.8, 4) is 11.5 Å². The maximum atomic E-state index is 14.5. The second-order valence-electron chi connectivity index (χ2n) is 7.29. The molecule has 0 saturated heterocycles. The standard InChI is InChI=1S/C24H19FO6/c25-17(12-30-20-8-2-5-14-4-1-7-18(26)22(14)20)13-31-21-9-3-6-15-10-16(24(28)29)11-19(27)23(15)21/h1-3,5-9,11,17H,4,10,12-13H2,(H,28,29). The molecular weight excluding hydrogens is 403 g/mol. The summed E-state index contributed by atoms with van der Waals surface area (Å²) >= 11 is 0. The van der Waals surface area contributed by atoms with Crippen molar-refractivity contribution < 1.29 is 33.4 Å². The molecule has 1 unspecified atom stereocenters. The number of carboxylic acid groups (broad SMARTS) is 1. The van der Waals surface area contributed by atoms with Gasteiger partial charge in [0.2, 0.25) is 0 Å². The molecule has 1 N–H and O–H groups in total. The molecule has 0 saturated carbocycles. The van der Waals surface area contributed by atoms with Gasteiger partial charge in [0.05, 0.1) is 11.1 Å². The van der Waals surface area contributed by atoms with Gasteiger partial charge >= 0.3 is 5.97 Å². The molecule has 0 spiro atoms. The van der Waals surface area contributed by atoms with Gasteiger partial charge < -0.3 is 14.6 Å². The summed E-state index contributed by atoms with van der Waals surface area (Å²) in [5.41, 5.74) is 2.05. The van der Waals surface area contributed by atoms with Crippen LogP contribution >= 0.6 is 0 Å². The average Bonchev–Trinajstić information content (AvgIpc) is 2.76. The van der Waals surface area contributed by atoms with E-state index in [0.717, 1.165) is 11.6 Å². The summed E-state index contributed by atoms with van der Waals surface area (Å²) in [7, 11) is 0. The highest BCUT2D eigenvalue weighted by Gasteiger charge is 2.25. The molecule has 0 amide bonds. The minimum absolute atomic E-state index is 0.00185. The van der Waals surface area contributed by atoms with Crippen molar-refractivity contribution in [2.24, 2.45) is 0 Å². The predicted octanol–water partition coefficient (Wildman–Crippen LogP) is 3.53. The molecule has 2 aromatic rings. The fraction of sp³-hybridized carbons (Fsp3) is 0.208. The van der Waals surface area contributed by atoms with Crippen molar-refractivity contribution >= 4 is 17.5 Å². The van der Waals surface area contributed by atoms with Gasteiger partial charge in [-0.2, -0.15) is 0 Å². The Kier molecular flexibility index (Phi) is 5.66. The molecule has 2 aromatic carbocycles. The van der Waals surface area contributed by atoms with Gasteiger partial charge in [-0.25, -0.2) is 9.18 Å². The molecule has 0 radical (unpaired) electrons. The third-order valence-electron chi connectivity index (χ3n) is 5.13. The van der Waals surface area contributed by atoms with Crippen LogP contribution in [0.25, 0.3) is 0 Å². The van der Waals surface area contributed by atoms with E-state index in [2.05, 4.69) is 0 Å². The first-order chi connectivity index (χ1) is 14.9. The first-order valence-electron chi connectivity index (χ1n) is 9.76. The van der Waals surface area contributed by atoms with Crippen molar-refractivity contribution in [2.45, 2.75) is 19.0 Å². The van der Waals surface area contributed by atoms with Gasteiger partial charge in [-0.05, 0) is 41.8 Å². The Morgan fingerprint density at radius 1 is 0.968 bits per heavy atom. The van der Waals surface area contributed by atoms with Gasteiger partial charge in [-0.3, -0.25) is 9.59 Å². The monoisotopic (exact) mass is 422 g/mol. The molecular formula is C24H19FO6. The highest BCUT2D eigenvalue weighted by molar-refractivity contribution is 6.13. The number of carbonyl (C=O) groups is 3. The summed E-state index contributed by atoms with van der Waals surface area (Å²) in [6.45, 7) is -0.679. The van der Waals surface area contributed by atoms with Gasteiger partial charge in [-0.15, -0.1) is 0 Å². The highest BCUT2D eigenvalue weighted by Crippen LogP contribution is 2.30. The zero-order valence-electron chi connectivity index (χ0n) is 16.5. The SMILES string of the molecule is O=C(O)C1=CC(=O)c2c(cccc2OCC(F)COc2cccc3c2C(=O)C=CC3)C1. The Morgan fingerprint density at radius 3 is 2.23 bits per heavy atom. The smallest absolute Gasteiger partial charge is 0.332 e. The molecule has 6 nitrogen and oxygen atoms in total. The lowest BCUT2D eigenvalue weighted by molar-refractivity contribution is -0.132. The molecule has 158 valence electrons. The van der Waals surface area contributed by atoms with Crippen LogP contribution in [-0.2, 0) is 17.6 Å². The van der Waals surface area contributed by atoms with Gasteiger partial charge in [0.25, 0.3) is 0 Å². The summed E-state index contributed by atoms with van der Waals surface area (Å²) in [5, 5.41) is 9.13. The second kappa shape index (κ2) is 8.55. The summed E-state index contributed by atoms with van der Waals surface area (Å²) in [6.07, 6.45) is 3.52. The molecule has 0 heterocycles. The van der Waals surface area contributed by atoms with Crippen LogP contribution in [0.1, 0.15) is 31.8 Å². The lowest BCUT2D eigenvalue weighted by atomic mass is 9.90. The van der Waals surface area contributed by atoms with E-state index in [4.69, 9.17) is 14.6 Å². The third-order valence-corrected chi connectivity index (χ3v) is 5.13. The molecule has 2 aliphatic rings. The minimum atomic E-state index is -1.51. The van der Waals surface area contributed by atoms with Crippen molar-refractivity contribution in [1.82, 2.24) is 0 Å². The van der Waals surface area contributed by atoms with Crippen molar-refractivity contribution in [3.05, 3.63) is 82.5 Å². The lowest BCUT2D eigenvalue weighted by Crippen LogP contribution is -2.23. The Bertz CT molecular complexity index is 1130. The number of halogens is 1. The van der Waals surface area contributed by atoms with E-state index in [-0.39, 0.29) is 42.3 Å². The maximum absolute atomic E-state index is 14.5. The topological polar surface area (TPSA) is 89.9 Å². The molecule has 0 aromatic heterocycles. The number of rotatable bonds is 7. The number of fused-ring (bicyclic) bond motifs is 2. The Hall–Kier alpha value is -3.74. The Balaban J connectivity index is 1.40. The maximum Gasteiger partial charge on any atom is 0.332 e. The molecule has 0 bridgehead atoms. The Morgan fingerprint density at radius 2 is 1.58 bits per heavy atom. The fourth-order valence-corrected chi connectivity index (χ4v) is 3.68. The summed E-state index contributed by atoms with van der Waals surface area (Å²) < 4.78 is 25.5. The van der Waals surface area contributed by atoms with E-state index in [1.807, 2.05) is 6.07 Å². The first kappa shape index (κ1) is 20.5. The number of hydrogen-bond donors (Lipinski definition) is 1. The van der Waals surface area contributed by atoms with Crippen LogP contribution in [0.3, 0.4) is 0 Å². The first-order valence-corrected chi connectivity index (χ1v) is 9.76. The predicted molar refractivity (Wildman–Crippen MR) is 110 cm³/mol. The minimum Gasteiger partial charge on any atom is -0.490 e. The molecule has 1 atom stereocenters. The number of ketones is 2. The van der Waals surface area contributed by atoms with Crippen LogP contribution in [0.15, 0.2) is 60.2 Å². The molecule has 0 fully saturated rings. The van der Waals surface area contributed by atoms with E-state index in [0.29, 0.717) is 23.3 Å². The van der Waals surface area contributed by atoms with E-state index in [1.54, 1.807) is 36.4 Å². The van der Waals surface area contributed by atoms with Crippen LogP contribution < -0.4 is 9.47 Å². The largest absolute Gasteiger partial charge is 0.490 e. The van der Waals surface area contributed by atoms with Gasteiger partial charge in [0.15, 0.2) is 17.7 Å². The number of hydrogen-bond acceptors (Lipinski definition) is 5. The van der Waals surface area contributed by atoms with Crippen molar-refractivity contribution in [1.29, 1.82) is 0 Å². The number of benzene rings is 2. The number of alkyl halides is 1. The molecule has 31 heavy (non-hydrogen) atoms. The number of ether oxygens (including phenoxy) is 2. The van der Waals surface area contributed by atoms with E-state index < -0.39 is 17.9 Å². The normalized spacial score (nSPS) is 15.6. The number of aliphatic carboxylic acids is 1. The second-order valence-corrected chi connectivity index (χ2v) is 7.29.